The van der Waals surface area contributed by atoms with Crippen LogP contribution in [0.4, 0.5) is 0 Å². The molecule has 1 fully saturated rings. The predicted octanol–water partition coefficient (Wildman–Crippen LogP) is 1.97. The fourth-order valence-electron chi connectivity index (χ4n) is 3.87. The van der Waals surface area contributed by atoms with Gasteiger partial charge in [-0.15, -0.1) is 0 Å². The van der Waals surface area contributed by atoms with Gasteiger partial charge in [-0.05, 0) is 51.3 Å². The smallest absolute Gasteiger partial charge is 0.339 e. The maximum absolute atomic E-state index is 12.6. The minimum atomic E-state index is -3.08. The van der Waals surface area contributed by atoms with Crippen molar-refractivity contribution in [2.45, 2.75) is 52.1 Å². The largest absolute Gasteiger partial charge is 0.507 e. The van der Waals surface area contributed by atoms with E-state index in [1.165, 1.54) is 6.07 Å². The number of aryl methyl sites for hydroxylation is 1. The third-order valence-corrected chi connectivity index (χ3v) is 7.52. The van der Waals surface area contributed by atoms with Crippen LogP contribution in [0.5, 0.6) is 5.75 Å². The summed E-state index contributed by atoms with van der Waals surface area (Å²) in [6.45, 7) is 5.75. The number of hydrogen-bond donors (Lipinski definition) is 2. The van der Waals surface area contributed by atoms with Gasteiger partial charge in [-0.25, -0.2) is 13.2 Å². The standard InChI is InChI=1S/C21H27NO7S/c1-4-28-18(24)8-6-15-13(2)14-5-7-17(23)16(19(14)29-20(15)25)11-22-21(3)9-10-30(26,27)12-21/h5,7,22-23H,4,6,8-12H2,1-3H3/t21-/m0/s1. The monoisotopic (exact) mass is 437 g/mol. The first-order chi connectivity index (χ1) is 14.1. The second kappa shape index (κ2) is 8.39. The lowest BCUT2D eigenvalue weighted by Crippen LogP contribution is -2.42. The van der Waals surface area contributed by atoms with Gasteiger partial charge >= 0.3 is 11.6 Å². The van der Waals surface area contributed by atoms with Gasteiger partial charge in [-0.2, -0.15) is 0 Å². The lowest BCUT2D eigenvalue weighted by molar-refractivity contribution is -0.143. The summed E-state index contributed by atoms with van der Waals surface area (Å²) in [7, 11) is -3.08. The SMILES string of the molecule is CCOC(=O)CCc1c(C)c2ccc(O)c(CN[C@@]3(C)CCS(=O)(=O)C3)c2oc1=O. The van der Waals surface area contributed by atoms with E-state index < -0.39 is 21.0 Å². The van der Waals surface area contributed by atoms with E-state index in [0.717, 1.165) is 0 Å². The Balaban J connectivity index is 1.92. The molecule has 8 nitrogen and oxygen atoms in total. The average Bonchev–Trinajstić information content (AvgIpc) is 2.94. The molecule has 1 saturated heterocycles. The Hall–Kier alpha value is -2.39. The highest BCUT2D eigenvalue weighted by Crippen LogP contribution is 2.31. The normalized spacial score (nSPS) is 20.5. The molecule has 2 heterocycles. The van der Waals surface area contributed by atoms with Gasteiger partial charge in [0.1, 0.15) is 11.3 Å². The van der Waals surface area contributed by atoms with Gasteiger partial charge in [0.2, 0.25) is 0 Å². The Labute approximate surface area is 175 Å². The van der Waals surface area contributed by atoms with Crippen LogP contribution in [-0.4, -0.2) is 43.1 Å². The van der Waals surface area contributed by atoms with Crippen molar-refractivity contribution >= 4 is 26.8 Å². The zero-order valence-electron chi connectivity index (χ0n) is 17.4. The van der Waals surface area contributed by atoms with Crippen molar-refractivity contribution in [3.8, 4) is 5.75 Å². The molecule has 0 spiro atoms. The number of phenolic OH excluding ortho intramolecular Hbond substituents is 1. The number of ether oxygens (including phenoxy) is 1. The summed E-state index contributed by atoms with van der Waals surface area (Å²) < 4.78 is 34.1. The Morgan fingerprint density at radius 3 is 2.70 bits per heavy atom. The summed E-state index contributed by atoms with van der Waals surface area (Å²) in [5.41, 5.74) is 0.563. The van der Waals surface area contributed by atoms with Crippen molar-refractivity contribution in [2.24, 2.45) is 0 Å². The summed E-state index contributed by atoms with van der Waals surface area (Å²) in [5.74, 6) is -0.282. The molecule has 1 aliphatic heterocycles. The zero-order chi connectivity index (χ0) is 22.1. The molecule has 164 valence electrons. The number of benzene rings is 1. The minimum absolute atomic E-state index is 0.0203. The highest BCUT2D eigenvalue weighted by Gasteiger charge is 2.38. The van der Waals surface area contributed by atoms with E-state index in [4.69, 9.17) is 9.15 Å². The number of fused-ring (bicyclic) bond motifs is 1. The van der Waals surface area contributed by atoms with Gasteiger partial charge < -0.3 is 19.6 Å². The third kappa shape index (κ3) is 4.67. The molecular weight excluding hydrogens is 410 g/mol. The van der Waals surface area contributed by atoms with Gasteiger partial charge in [0.25, 0.3) is 0 Å². The molecule has 9 heteroatoms. The first kappa shape index (κ1) is 22.3. The first-order valence-corrected chi connectivity index (χ1v) is 11.8. The Bertz CT molecular complexity index is 1140. The van der Waals surface area contributed by atoms with Crippen LogP contribution in [0.2, 0.25) is 0 Å². The molecule has 2 aromatic rings. The highest BCUT2D eigenvalue weighted by atomic mass is 32.2. The molecule has 0 unspecified atom stereocenters. The zero-order valence-corrected chi connectivity index (χ0v) is 18.2. The van der Waals surface area contributed by atoms with Crippen molar-refractivity contribution in [3.05, 3.63) is 39.2 Å². The minimum Gasteiger partial charge on any atom is -0.507 e. The second-order valence-electron chi connectivity index (χ2n) is 7.99. The van der Waals surface area contributed by atoms with Crippen molar-refractivity contribution < 1.29 is 27.5 Å². The summed E-state index contributed by atoms with van der Waals surface area (Å²) in [5, 5.41) is 14.2. The van der Waals surface area contributed by atoms with Crippen LogP contribution in [0.15, 0.2) is 21.3 Å². The van der Waals surface area contributed by atoms with E-state index in [2.05, 4.69) is 5.32 Å². The summed E-state index contributed by atoms with van der Waals surface area (Å²) in [6, 6.07) is 3.19. The van der Waals surface area contributed by atoms with Crippen LogP contribution in [0.1, 0.15) is 43.4 Å². The van der Waals surface area contributed by atoms with Crippen LogP contribution >= 0.6 is 0 Å². The highest BCUT2D eigenvalue weighted by molar-refractivity contribution is 7.91. The maximum atomic E-state index is 12.6. The molecule has 1 aromatic heterocycles. The van der Waals surface area contributed by atoms with Gasteiger partial charge in [0.05, 0.1) is 23.7 Å². The molecule has 0 bridgehead atoms. The topological polar surface area (TPSA) is 123 Å². The molecule has 1 aromatic carbocycles. The summed E-state index contributed by atoms with van der Waals surface area (Å²) in [6.07, 6.45) is 0.749. The number of sulfone groups is 1. The average molecular weight is 438 g/mol. The number of esters is 1. The molecule has 30 heavy (non-hydrogen) atoms. The number of aromatic hydroxyl groups is 1. The van der Waals surface area contributed by atoms with Crippen molar-refractivity contribution in [1.29, 1.82) is 0 Å². The molecule has 1 atom stereocenters. The van der Waals surface area contributed by atoms with Crippen LogP contribution < -0.4 is 10.9 Å². The van der Waals surface area contributed by atoms with E-state index in [9.17, 15) is 23.1 Å². The number of nitrogens with one attached hydrogen (secondary N) is 1. The van der Waals surface area contributed by atoms with Gasteiger partial charge in [0, 0.05) is 29.5 Å². The van der Waals surface area contributed by atoms with Crippen molar-refractivity contribution in [1.82, 2.24) is 5.32 Å². The molecule has 1 aliphatic rings. The Morgan fingerprint density at radius 2 is 2.07 bits per heavy atom. The van der Waals surface area contributed by atoms with Crippen LogP contribution in [0.3, 0.4) is 0 Å². The third-order valence-electron chi connectivity index (χ3n) is 5.61. The molecule has 0 radical (unpaired) electrons. The fraction of sp³-hybridized carbons (Fsp3) is 0.524. The van der Waals surface area contributed by atoms with E-state index in [-0.39, 0.29) is 54.8 Å². The quantitative estimate of drug-likeness (QED) is 0.498. The Morgan fingerprint density at radius 1 is 1.33 bits per heavy atom. The number of hydrogen-bond acceptors (Lipinski definition) is 8. The number of carbonyl (C=O) groups is 1. The van der Waals surface area contributed by atoms with E-state index >= 15 is 0 Å². The van der Waals surface area contributed by atoms with Gasteiger partial charge in [-0.1, -0.05) is 0 Å². The number of phenols is 1. The molecule has 2 N–H and O–H groups in total. The van der Waals surface area contributed by atoms with Gasteiger partial charge in [0.15, 0.2) is 9.84 Å². The number of rotatable bonds is 7. The first-order valence-electron chi connectivity index (χ1n) is 9.93. The molecule has 3 rings (SSSR count). The number of carbonyl (C=O) groups excluding carboxylic acids is 1. The summed E-state index contributed by atoms with van der Waals surface area (Å²) in [4.78, 5) is 24.2. The van der Waals surface area contributed by atoms with Crippen molar-refractivity contribution in [3.63, 3.8) is 0 Å². The van der Waals surface area contributed by atoms with Crippen molar-refractivity contribution in [2.75, 3.05) is 18.1 Å². The fourth-order valence-corrected chi connectivity index (χ4v) is 5.99. The molecule has 0 aliphatic carbocycles. The lowest BCUT2D eigenvalue weighted by atomic mass is 9.98. The lowest BCUT2D eigenvalue weighted by Gasteiger charge is -2.24. The molecule has 0 saturated carbocycles. The van der Waals surface area contributed by atoms with E-state index in [1.807, 2.05) is 6.92 Å². The molecule has 0 amide bonds. The van der Waals surface area contributed by atoms with Crippen LogP contribution in [0.25, 0.3) is 11.0 Å². The van der Waals surface area contributed by atoms with E-state index in [0.29, 0.717) is 28.5 Å². The second-order valence-corrected chi connectivity index (χ2v) is 10.2. The van der Waals surface area contributed by atoms with Crippen LogP contribution in [-0.2, 0) is 32.3 Å². The predicted molar refractivity (Wildman–Crippen MR) is 112 cm³/mol. The van der Waals surface area contributed by atoms with E-state index in [1.54, 1.807) is 19.9 Å². The summed E-state index contributed by atoms with van der Waals surface area (Å²) >= 11 is 0. The van der Waals surface area contributed by atoms with Gasteiger partial charge in [-0.3, -0.25) is 4.79 Å². The van der Waals surface area contributed by atoms with Crippen LogP contribution in [0, 0.1) is 6.92 Å². The Kier molecular flexibility index (Phi) is 6.24. The molecular formula is C21H27NO7S. The maximum Gasteiger partial charge on any atom is 0.339 e.